The van der Waals surface area contributed by atoms with Gasteiger partial charge in [-0.25, -0.2) is 0 Å². The summed E-state index contributed by atoms with van der Waals surface area (Å²) in [5.41, 5.74) is 0. The van der Waals surface area contributed by atoms with E-state index in [9.17, 15) is 0 Å². The van der Waals surface area contributed by atoms with Crippen LogP contribution < -0.4 is 5.32 Å². The van der Waals surface area contributed by atoms with Crippen molar-refractivity contribution >= 4 is 0 Å². The molecule has 1 rings (SSSR count). The highest BCUT2D eigenvalue weighted by molar-refractivity contribution is 4.74. The summed E-state index contributed by atoms with van der Waals surface area (Å²) in [5, 5.41) is 3.77. The SMILES string of the molecule is CCCCCCCCN[C@@H](C)C1CCCCCC1. The molecule has 1 nitrogen and oxygen atoms in total. The van der Waals surface area contributed by atoms with E-state index in [0.29, 0.717) is 0 Å². The van der Waals surface area contributed by atoms with Crippen LogP contribution in [-0.2, 0) is 0 Å². The quantitative estimate of drug-likeness (QED) is 0.434. The highest BCUT2D eigenvalue weighted by Crippen LogP contribution is 2.25. The number of unbranched alkanes of at least 4 members (excludes halogenated alkanes) is 5. The molecule has 1 atom stereocenters. The van der Waals surface area contributed by atoms with Gasteiger partial charge in [0.15, 0.2) is 0 Å². The molecule has 18 heavy (non-hydrogen) atoms. The van der Waals surface area contributed by atoms with Gasteiger partial charge >= 0.3 is 0 Å². The van der Waals surface area contributed by atoms with Crippen LogP contribution in [0.15, 0.2) is 0 Å². The van der Waals surface area contributed by atoms with Gasteiger partial charge in [0, 0.05) is 6.04 Å². The van der Waals surface area contributed by atoms with Gasteiger partial charge in [-0.15, -0.1) is 0 Å². The minimum absolute atomic E-state index is 0.749. The van der Waals surface area contributed by atoms with Crippen molar-refractivity contribution in [3.05, 3.63) is 0 Å². The molecule has 0 amide bonds. The Labute approximate surface area is 115 Å². The Morgan fingerprint density at radius 3 is 2.17 bits per heavy atom. The molecule has 1 heteroatoms. The van der Waals surface area contributed by atoms with Crippen LogP contribution in [-0.4, -0.2) is 12.6 Å². The predicted molar refractivity (Wildman–Crippen MR) is 82.0 cm³/mol. The average molecular weight is 253 g/mol. The van der Waals surface area contributed by atoms with E-state index in [-0.39, 0.29) is 0 Å². The van der Waals surface area contributed by atoms with Crippen molar-refractivity contribution in [1.82, 2.24) is 5.32 Å². The summed E-state index contributed by atoms with van der Waals surface area (Å²) in [6.07, 6.45) is 17.3. The molecule has 1 aliphatic rings. The van der Waals surface area contributed by atoms with Crippen molar-refractivity contribution in [3.8, 4) is 0 Å². The minimum Gasteiger partial charge on any atom is -0.314 e. The van der Waals surface area contributed by atoms with Crippen LogP contribution in [0.5, 0.6) is 0 Å². The van der Waals surface area contributed by atoms with Gasteiger partial charge in [-0.2, -0.15) is 0 Å². The molecule has 0 aromatic carbocycles. The lowest BCUT2D eigenvalue weighted by molar-refractivity contribution is 0.335. The Balaban J connectivity index is 1.96. The number of nitrogens with one attached hydrogen (secondary N) is 1. The van der Waals surface area contributed by atoms with E-state index in [1.165, 1.54) is 83.6 Å². The molecule has 0 aliphatic heterocycles. The summed E-state index contributed by atoms with van der Waals surface area (Å²) in [7, 11) is 0. The first-order valence-corrected chi connectivity index (χ1v) is 8.58. The normalized spacial score (nSPS) is 19.7. The number of hydrogen-bond acceptors (Lipinski definition) is 1. The molecule has 1 fully saturated rings. The first-order chi connectivity index (χ1) is 8.84. The highest BCUT2D eigenvalue weighted by Gasteiger charge is 2.17. The molecular weight excluding hydrogens is 218 g/mol. The maximum atomic E-state index is 3.77. The lowest BCUT2D eigenvalue weighted by Crippen LogP contribution is -2.34. The van der Waals surface area contributed by atoms with Crippen LogP contribution in [0.25, 0.3) is 0 Å². The van der Waals surface area contributed by atoms with Crippen LogP contribution in [0.3, 0.4) is 0 Å². The fraction of sp³-hybridized carbons (Fsp3) is 1.00. The van der Waals surface area contributed by atoms with Gasteiger partial charge in [-0.1, -0.05) is 64.7 Å². The maximum Gasteiger partial charge on any atom is 0.00669 e. The Bertz CT molecular complexity index is 170. The molecule has 1 saturated carbocycles. The monoisotopic (exact) mass is 253 g/mol. The Morgan fingerprint density at radius 1 is 0.889 bits per heavy atom. The third-order valence-electron chi connectivity index (χ3n) is 4.60. The summed E-state index contributed by atoms with van der Waals surface area (Å²) in [5.74, 6) is 0.951. The smallest absolute Gasteiger partial charge is 0.00669 e. The van der Waals surface area contributed by atoms with Crippen LogP contribution in [0, 0.1) is 5.92 Å². The lowest BCUT2D eigenvalue weighted by atomic mass is 9.93. The molecule has 0 heterocycles. The molecule has 0 unspecified atom stereocenters. The maximum absolute atomic E-state index is 3.77. The first-order valence-electron chi connectivity index (χ1n) is 8.58. The van der Waals surface area contributed by atoms with Crippen LogP contribution >= 0.6 is 0 Å². The van der Waals surface area contributed by atoms with E-state index in [1.54, 1.807) is 0 Å². The molecule has 0 aromatic heterocycles. The molecule has 1 N–H and O–H groups in total. The van der Waals surface area contributed by atoms with Gasteiger partial charge in [0.2, 0.25) is 0 Å². The van der Waals surface area contributed by atoms with Gasteiger partial charge in [-0.3, -0.25) is 0 Å². The largest absolute Gasteiger partial charge is 0.314 e. The number of rotatable bonds is 9. The molecule has 0 aromatic rings. The lowest BCUT2D eigenvalue weighted by Gasteiger charge is -2.23. The second kappa shape index (κ2) is 10.8. The minimum atomic E-state index is 0.749. The molecule has 0 bridgehead atoms. The van der Waals surface area contributed by atoms with Crippen LogP contribution in [0.4, 0.5) is 0 Å². The first kappa shape index (κ1) is 16.0. The van der Waals surface area contributed by atoms with Gasteiger partial charge < -0.3 is 5.32 Å². The predicted octanol–water partition coefficient (Wildman–Crippen LogP) is 5.30. The van der Waals surface area contributed by atoms with Crippen molar-refractivity contribution in [1.29, 1.82) is 0 Å². The zero-order valence-electron chi connectivity index (χ0n) is 12.8. The van der Waals surface area contributed by atoms with Gasteiger partial charge in [0.05, 0.1) is 0 Å². The van der Waals surface area contributed by atoms with Crippen LogP contribution in [0.2, 0.25) is 0 Å². The fourth-order valence-corrected chi connectivity index (χ4v) is 3.21. The average Bonchev–Trinajstić information content (AvgIpc) is 2.66. The second-order valence-corrected chi connectivity index (χ2v) is 6.26. The molecule has 0 saturated heterocycles. The van der Waals surface area contributed by atoms with Gasteiger partial charge in [0.25, 0.3) is 0 Å². The topological polar surface area (TPSA) is 12.0 Å². The molecule has 0 radical (unpaired) electrons. The highest BCUT2D eigenvalue weighted by atomic mass is 14.9. The molecular formula is C17H35N. The summed E-state index contributed by atoms with van der Waals surface area (Å²) in [6.45, 7) is 5.94. The molecule has 108 valence electrons. The zero-order chi connectivity index (χ0) is 13.1. The van der Waals surface area contributed by atoms with Crippen molar-refractivity contribution in [2.45, 2.75) is 96.9 Å². The summed E-state index contributed by atoms with van der Waals surface area (Å²) in [4.78, 5) is 0. The van der Waals surface area contributed by atoms with E-state index in [4.69, 9.17) is 0 Å². The summed E-state index contributed by atoms with van der Waals surface area (Å²) in [6, 6.07) is 0.749. The zero-order valence-corrected chi connectivity index (χ0v) is 12.8. The Hall–Kier alpha value is -0.0400. The van der Waals surface area contributed by atoms with E-state index in [0.717, 1.165) is 12.0 Å². The van der Waals surface area contributed by atoms with E-state index in [2.05, 4.69) is 19.2 Å². The van der Waals surface area contributed by atoms with Crippen molar-refractivity contribution in [2.75, 3.05) is 6.54 Å². The third-order valence-corrected chi connectivity index (χ3v) is 4.60. The molecule has 0 spiro atoms. The second-order valence-electron chi connectivity index (χ2n) is 6.26. The number of hydrogen-bond donors (Lipinski definition) is 1. The van der Waals surface area contributed by atoms with E-state index >= 15 is 0 Å². The summed E-state index contributed by atoms with van der Waals surface area (Å²) >= 11 is 0. The standard InChI is InChI=1S/C17H35N/c1-3-4-5-6-9-12-15-18-16(2)17-13-10-7-8-11-14-17/h16-18H,3-15H2,1-2H3/t16-/m0/s1. The van der Waals surface area contributed by atoms with Gasteiger partial charge in [-0.05, 0) is 38.6 Å². The third kappa shape index (κ3) is 7.41. The molecule has 1 aliphatic carbocycles. The van der Waals surface area contributed by atoms with Crippen molar-refractivity contribution in [3.63, 3.8) is 0 Å². The fourth-order valence-electron chi connectivity index (χ4n) is 3.21. The summed E-state index contributed by atoms with van der Waals surface area (Å²) < 4.78 is 0. The van der Waals surface area contributed by atoms with Crippen LogP contribution in [0.1, 0.15) is 90.9 Å². The Kier molecular flexibility index (Phi) is 9.65. The van der Waals surface area contributed by atoms with Crippen molar-refractivity contribution in [2.24, 2.45) is 5.92 Å². The van der Waals surface area contributed by atoms with E-state index in [1.807, 2.05) is 0 Å². The van der Waals surface area contributed by atoms with Gasteiger partial charge in [0.1, 0.15) is 0 Å². The van der Waals surface area contributed by atoms with E-state index < -0.39 is 0 Å². The van der Waals surface area contributed by atoms with Crippen molar-refractivity contribution < 1.29 is 0 Å². The Morgan fingerprint density at radius 2 is 1.50 bits per heavy atom.